The maximum Gasteiger partial charge on any atom is 0.417 e. The van der Waals surface area contributed by atoms with Gasteiger partial charge in [-0.25, -0.2) is 9.78 Å². The number of furan rings is 1. The third-order valence-corrected chi connectivity index (χ3v) is 5.40. The van der Waals surface area contributed by atoms with E-state index in [1.165, 1.54) is 13.2 Å². The molecule has 0 saturated carbocycles. The van der Waals surface area contributed by atoms with Crippen LogP contribution in [0.15, 0.2) is 22.7 Å². The third kappa shape index (κ3) is 5.30. The van der Waals surface area contributed by atoms with Gasteiger partial charge in [0.05, 0.1) is 24.2 Å². The molecule has 0 spiro atoms. The Morgan fingerprint density at radius 2 is 2.00 bits per heavy atom. The van der Waals surface area contributed by atoms with Crippen LogP contribution in [0.3, 0.4) is 0 Å². The van der Waals surface area contributed by atoms with E-state index in [0.717, 1.165) is 12.3 Å². The Balaban J connectivity index is 1.54. The Kier molecular flexibility index (Phi) is 6.78. The summed E-state index contributed by atoms with van der Waals surface area (Å²) < 4.78 is 48.5. The standard InChI is InChI=1S/C20H21ClF3N3O4/c1-11-15(19(29)30-2)8-14(31-11)10-26-18(28)12-3-5-27(6-4-12)17-16(21)7-13(9-25-17)20(22,23)24/h7-9,12H,3-6,10H2,1-2H3,(H,26,28). The molecule has 1 saturated heterocycles. The molecule has 0 aromatic carbocycles. The summed E-state index contributed by atoms with van der Waals surface area (Å²) >= 11 is 6.01. The van der Waals surface area contributed by atoms with Gasteiger partial charge in [-0.3, -0.25) is 4.79 Å². The summed E-state index contributed by atoms with van der Waals surface area (Å²) in [6.45, 7) is 2.63. The van der Waals surface area contributed by atoms with E-state index in [2.05, 4.69) is 15.0 Å². The molecule has 1 aliphatic heterocycles. The second kappa shape index (κ2) is 9.17. The number of nitrogens with one attached hydrogen (secondary N) is 1. The highest BCUT2D eigenvalue weighted by atomic mass is 35.5. The van der Waals surface area contributed by atoms with Crippen molar-refractivity contribution in [2.45, 2.75) is 32.5 Å². The summed E-state index contributed by atoms with van der Waals surface area (Å²) in [7, 11) is 1.27. The van der Waals surface area contributed by atoms with Crippen molar-refractivity contribution in [2.24, 2.45) is 5.92 Å². The van der Waals surface area contributed by atoms with Crippen LogP contribution in [0.1, 0.15) is 40.3 Å². The second-order valence-electron chi connectivity index (χ2n) is 7.18. The Morgan fingerprint density at radius 3 is 2.58 bits per heavy atom. The number of methoxy groups -OCH3 is 1. The number of hydrogen-bond acceptors (Lipinski definition) is 6. The van der Waals surface area contributed by atoms with Crippen LogP contribution in [0.4, 0.5) is 19.0 Å². The molecule has 7 nitrogen and oxygen atoms in total. The van der Waals surface area contributed by atoms with E-state index < -0.39 is 17.7 Å². The number of anilines is 1. The number of halogens is 4. The highest BCUT2D eigenvalue weighted by Gasteiger charge is 2.33. The first-order valence-corrected chi connectivity index (χ1v) is 9.91. The smallest absolute Gasteiger partial charge is 0.417 e. The predicted octanol–water partition coefficient (Wildman–Crippen LogP) is 3.97. The molecule has 0 unspecified atom stereocenters. The fourth-order valence-electron chi connectivity index (χ4n) is 3.43. The number of amides is 1. The minimum absolute atomic E-state index is 0.0766. The van der Waals surface area contributed by atoms with E-state index in [1.807, 2.05) is 0 Å². The number of piperidine rings is 1. The number of esters is 1. The highest BCUT2D eigenvalue weighted by molar-refractivity contribution is 6.33. The number of aromatic nitrogens is 1. The summed E-state index contributed by atoms with van der Waals surface area (Å²) in [4.78, 5) is 29.8. The molecule has 1 fully saturated rings. The lowest BCUT2D eigenvalue weighted by molar-refractivity contribution is -0.137. The predicted molar refractivity (Wildman–Crippen MR) is 106 cm³/mol. The molecule has 0 bridgehead atoms. The molecule has 1 aliphatic rings. The SMILES string of the molecule is COC(=O)c1cc(CNC(=O)C2CCN(c3ncc(C(F)(F)F)cc3Cl)CC2)oc1C. The molecule has 3 rings (SSSR count). The van der Waals surface area contributed by atoms with Crippen LogP contribution in [-0.4, -0.2) is 37.1 Å². The van der Waals surface area contributed by atoms with Gasteiger partial charge in [-0.05, 0) is 31.9 Å². The number of aryl methyl sites for hydroxylation is 1. The number of pyridine rings is 1. The van der Waals surface area contributed by atoms with E-state index >= 15 is 0 Å². The zero-order chi connectivity index (χ0) is 22.8. The van der Waals surface area contributed by atoms with E-state index in [4.69, 9.17) is 16.0 Å². The molecule has 3 heterocycles. The van der Waals surface area contributed by atoms with Crippen molar-refractivity contribution in [1.29, 1.82) is 0 Å². The first-order valence-electron chi connectivity index (χ1n) is 9.53. The van der Waals surface area contributed by atoms with Crippen molar-refractivity contribution in [3.63, 3.8) is 0 Å². The quantitative estimate of drug-likeness (QED) is 0.681. The lowest BCUT2D eigenvalue weighted by atomic mass is 9.96. The topological polar surface area (TPSA) is 84.7 Å². The van der Waals surface area contributed by atoms with Crippen LogP contribution < -0.4 is 10.2 Å². The number of nitrogens with zero attached hydrogens (tertiary/aromatic N) is 2. The number of rotatable bonds is 5. The van der Waals surface area contributed by atoms with Crippen molar-refractivity contribution >= 4 is 29.3 Å². The molecule has 168 valence electrons. The molecule has 1 amide bonds. The first-order chi connectivity index (χ1) is 14.6. The van der Waals surface area contributed by atoms with Gasteiger partial charge >= 0.3 is 12.1 Å². The Hall–Kier alpha value is -2.75. The number of carbonyl (C=O) groups excluding carboxylic acids is 2. The van der Waals surface area contributed by atoms with Crippen molar-refractivity contribution < 1.29 is 31.9 Å². The van der Waals surface area contributed by atoms with Crippen molar-refractivity contribution in [3.05, 3.63) is 46.0 Å². The number of alkyl halides is 3. The molecule has 0 radical (unpaired) electrons. The minimum Gasteiger partial charge on any atom is -0.465 e. The van der Waals surface area contributed by atoms with E-state index in [1.54, 1.807) is 11.8 Å². The summed E-state index contributed by atoms with van der Waals surface area (Å²) in [5.74, 6) is 0.173. The molecular formula is C20H21ClF3N3O4. The largest absolute Gasteiger partial charge is 0.465 e. The van der Waals surface area contributed by atoms with Crippen LogP contribution >= 0.6 is 11.6 Å². The van der Waals surface area contributed by atoms with Crippen LogP contribution in [0.5, 0.6) is 0 Å². The molecule has 2 aromatic rings. The van der Waals surface area contributed by atoms with Crippen LogP contribution in [0.2, 0.25) is 5.02 Å². The van der Waals surface area contributed by atoms with Gasteiger partial charge in [-0.1, -0.05) is 11.6 Å². The Morgan fingerprint density at radius 1 is 1.32 bits per heavy atom. The number of ether oxygens (including phenoxy) is 1. The average Bonchev–Trinajstić information content (AvgIpc) is 3.11. The van der Waals surface area contributed by atoms with E-state index in [-0.39, 0.29) is 29.2 Å². The number of carbonyl (C=O) groups is 2. The number of hydrogen-bond donors (Lipinski definition) is 1. The van der Waals surface area contributed by atoms with Gasteiger partial charge in [0.15, 0.2) is 0 Å². The molecule has 2 aromatic heterocycles. The first kappa shape index (κ1) is 22.9. The van der Waals surface area contributed by atoms with Gasteiger partial charge < -0.3 is 19.4 Å². The minimum atomic E-state index is -4.51. The van der Waals surface area contributed by atoms with Gasteiger partial charge in [0.25, 0.3) is 0 Å². The molecular weight excluding hydrogens is 439 g/mol. The zero-order valence-corrected chi connectivity index (χ0v) is 17.6. The summed E-state index contributed by atoms with van der Waals surface area (Å²) in [6.07, 6.45) is -2.76. The van der Waals surface area contributed by atoms with E-state index in [0.29, 0.717) is 43.0 Å². The van der Waals surface area contributed by atoms with Crippen LogP contribution in [0.25, 0.3) is 0 Å². The molecule has 31 heavy (non-hydrogen) atoms. The van der Waals surface area contributed by atoms with Crippen LogP contribution in [0, 0.1) is 12.8 Å². The second-order valence-corrected chi connectivity index (χ2v) is 7.59. The van der Waals surface area contributed by atoms with Crippen molar-refractivity contribution in [3.8, 4) is 0 Å². The maximum atomic E-state index is 12.8. The Bertz CT molecular complexity index is 969. The highest BCUT2D eigenvalue weighted by Crippen LogP contribution is 2.34. The Labute approximate surface area is 181 Å². The van der Waals surface area contributed by atoms with Gasteiger partial charge in [0.2, 0.25) is 5.91 Å². The molecule has 0 atom stereocenters. The summed E-state index contributed by atoms with van der Waals surface area (Å²) in [6, 6.07) is 2.39. The normalized spacial score (nSPS) is 15.1. The molecule has 11 heteroatoms. The zero-order valence-electron chi connectivity index (χ0n) is 16.9. The lowest BCUT2D eigenvalue weighted by Gasteiger charge is -2.32. The summed E-state index contributed by atoms with van der Waals surface area (Å²) in [5, 5.41) is 2.71. The molecule has 0 aliphatic carbocycles. The summed E-state index contributed by atoms with van der Waals surface area (Å²) in [5.41, 5.74) is -0.597. The van der Waals surface area contributed by atoms with Gasteiger partial charge in [0.1, 0.15) is 22.9 Å². The van der Waals surface area contributed by atoms with Crippen molar-refractivity contribution in [1.82, 2.24) is 10.3 Å². The molecule has 1 N–H and O–H groups in total. The lowest BCUT2D eigenvalue weighted by Crippen LogP contribution is -2.40. The van der Waals surface area contributed by atoms with Gasteiger partial charge in [0, 0.05) is 25.2 Å². The van der Waals surface area contributed by atoms with Crippen molar-refractivity contribution in [2.75, 3.05) is 25.1 Å². The fraction of sp³-hybridized carbons (Fsp3) is 0.450. The monoisotopic (exact) mass is 459 g/mol. The van der Waals surface area contributed by atoms with E-state index in [9.17, 15) is 22.8 Å². The van der Waals surface area contributed by atoms with Gasteiger partial charge in [-0.15, -0.1) is 0 Å². The third-order valence-electron chi connectivity index (χ3n) is 5.13. The fourth-order valence-corrected chi connectivity index (χ4v) is 3.72. The van der Waals surface area contributed by atoms with Crippen LogP contribution in [-0.2, 0) is 22.3 Å². The maximum absolute atomic E-state index is 12.8. The average molecular weight is 460 g/mol. The van der Waals surface area contributed by atoms with Gasteiger partial charge in [-0.2, -0.15) is 13.2 Å².